The Labute approximate surface area is 537 Å². The van der Waals surface area contributed by atoms with E-state index >= 15 is 0 Å². The summed E-state index contributed by atoms with van der Waals surface area (Å²) in [7, 11) is -1.70. The van der Waals surface area contributed by atoms with Crippen molar-refractivity contribution in [1.29, 1.82) is 0 Å². The first kappa shape index (κ1) is 81.8. The van der Waals surface area contributed by atoms with Crippen LogP contribution < -0.4 is 70.4 Å². The summed E-state index contributed by atoms with van der Waals surface area (Å²) in [5, 5.41) is 65.9. The van der Waals surface area contributed by atoms with E-state index in [1.54, 1.807) is 92.6 Å². The van der Waals surface area contributed by atoms with E-state index in [1.165, 1.54) is 0 Å². The maximum Gasteiger partial charge on any atom is 0.408 e. The number of nitrogens with two attached hydrogens (primary N) is 3. The standard InChI is InChI=1S/C58H100N14O19Si/c1-14-32(6)40(70-48(80)35(21-18-22-62-55(60)61)65-49(81)36(25-30(2)3)66-52(84)42(44(76)31(4)5)72-57(88)91-58(8,9)10)51(83)71-41(33(7)74)50(82)64-27-39(75)69-43(45(77)46(59)78)53(85)67-38(28-73)47(79)63-26-37(54(86)89-23-24-92(11,12)13)68-56(87)90-29-34-19-16-15-17-20-34/h15-17,19-20,30-33,35-38,40-45,73-74,76-77H,14,18,21-29H2,1-13H3,(H2,59,78)(H,63,79)(H,64,82)(H,65,81)(H,66,84)(H,67,85)(H,68,87)(H,69,75)(H,70,80)(H,71,83)(H,72,88)(H4,60,61,62)/t32-,33-,35+,36-,37-,38-,40-,41-,42-,43-,44+,45-/m0/s1. The van der Waals surface area contributed by atoms with Gasteiger partial charge in [-0.1, -0.05) is 97.9 Å². The average Bonchev–Trinajstić information content (AvgIpc) is 1.23. The maximum atomic E-state index is 14.3. The van der Waals surface area contributed by atoms with E-state index in [2.05, 4.69) is 47.5 Å². The molecule has 92 heavy (non-hydrogen) atoms. The van der Waals surface area contributed by atoms with Gasteiger partial charge in [0.15, 0.2) is 12.1 Å². The molecule has 0 saturated carbocycles. The predicted octanol–water partition coefficient (Wildman–Crippen LogP) is -3.42. The lowest BCUT2D eigenvalue weighted by Gasteiger charge is -2.31. The van der Waals surface area contributed by atoms with E-state index in [-0.39, 0.29) is 57.3 Å². The van der Waals surface area contributed by atoms with Gasteiger partial charge in [0, 0.05) is 21.2 Å². The number of carbonyl (C=O) groups excluding carboxylic acids is 12. The largest absolute Gasteiger partial charge is 0.464 e. The summed E-state index contributed by atoms with van der Waals surface area (Å²) in [6, 6.07) is -4.41. The van der Waals surface area contributed by atoms with Crippen LogP contribution in [0.15, 0.2) is 35.3 Å². The molecule has 0 unspecified atom stereocenters. The molecule has 0 saturated heterocycles. The molecule has 1 aromatic rings. The minimum absolute atomic E-state index is 0.00337. The van der Waals surface area contributed by atoms with Crippen LogP contribution in [0.3, 0.4) is 0 Å². The number of guanidine groups is 1. The van der Waals surface area contributed by atoms with Gasteiger partial charge in [0.25, 0.3) is 0 Å². The second-order valence-electron chi connectivity index (χ2n) is 25.0. The van der Waals surface area contributed by atoms with Crippen LogP contribution >= 0.6 is 0 Å². The Kier molecular flexibility index (Phi) is 35.5. The Hall–Kier alpha value is -8.21. The third kappa shape index (κ3) is 31.7. The average molecular weight is 1330 g/mol. The summed E-state index contributed by atoms with van der Waals surface area (Å²) in [5.41, 5.74) is 15.9. The van der Waals surface area contributed by atoms with Crippen LogP contribution in [-0.2, 0) is 68.8 Å². The van der Waals surface area contributed by atoms with Crippen molar-refractivity contribution in [3.63, 3.8) is 0 Å². The Morgan fingerprint density at radius 2 is 1.18 bits per heavy atom. The number of rotatable bonds is 39. The number of esters is 1. The molecule has 12 atom stereocenters. The first-order valence-electron chi connectivity index (χ1n) is 30.2. The van der Waals surface area contributed by atoms with E-state index < -0.39 is 183 Å². The van der Waals surface area contributed by atoms with Crippen LogP contribution in [0.25, 0.3) is 0 Å². The quantitative estimate of drug-likeness (QED) is 0.00762. The van der Waals surface area contributed by atoms with Crippen LogP contribution in [0.5, 0.6) is 0 Å². The zero-order valence-electron chi connectivity index (χ0n) is 54.8. The number of amides is 11. The monoisotopic (exact) mass is 1320 g/mol. The highest BCUT2D eigenvalue weighted by Gasteiger charge is 2.39. The van der Waals surface area contributed by atoms with Crippen LogP contribution in [0, 0.1) is 17.8 Å². The fourth-order valence-electron chi connectivity index (χ4n) is 8.13. The zero-order chi connectivity index (χ0) is 70.4. The van der Waals surface area contributed by atoms with E-state index in [4.69, 9.17) is 31.4 Å². The van der Waals surface area contributed by atoms with Gasteiger partial charge in [0.2, 0.25) is 53.2 Å². The summed E-state index contributed by atoms with van der Waals surface area (Å²) in [5.74, 6) is -13.2. The molecule has 11 amide bonds. The van der Waals surface area contributed by atoms with Crippen molar-refractivity contribution in [1.82, 2.24) is 53.2 Å². The lowest BCUT2D eigenvalue weighted by atomic mass is 9.96. The number of hydrogen-bond acceptors (Lipinski definition) is 20. The molecule has 0 aromatic heterocycles. The van der Waals surface area contributed by atoms with Crippen molar-refractivity contribution < 1.29 is 92.2 Å². The summed E-state index contributed by atoms with van der Waals surface area (Å²) in [6.45, 7) is 18.9. The van der Waals surface area contributed by atoms with Gasteiger partial charge in [-0.2, -0.15) is 0 Å². The molecule has 0 aliphatic carbocycles. The molecule has 0 fully saturated rings. The predicted molar refractivity (Wildman–Crippen MR) is 337 cm³/mol. The van der Waals surface area contributed by atoms with Gasteiger partial charge in [-0.3, -0.25) is 48.1 Å². The Morgan fingerprint density at radius 3 is 1.72 bits per heavy atom. The normalized spacial score (nSPS) is 15.4. The Balaban J connectivity index is 3.36. The van der Waals surface area contributed by atoms with Crippen molar-refractivity contribution in [2.45, 2.75) is 199 Å². The number of alkyl carbamates (subject to hydrolysis) is 2. The fraction of sp³-hybridized carbons (Fsp3) is 0.672. The van der Waals surface area contributed by atoms with Crippen LogP contribution in [0.2, 0.25) is 25.7 Å². The summed E-state index contributed by atoms with van der Waals surface area (Å²) in [6.07, 6.45) is -7.56. The van der Waals surface area contributed by atoms with E-state index in [0.717, 1.165) is 6.92 Å². The van der Waals surface area contributed by atoms with Crippen LogP contribution in [-0.4, -0.2) is 211 Å². The van der Waals surface area contributed by atoms with Crippen LogP contribution in [0.4, 0.5) is 9.59 Å². The van der Waals surface area contributed by atoms with Crippen molar-refractivity contribution in [3.05, 3.63) is 35.9 Å². The van der Waals surface area contributed by atoms with Crippen molar-refractivity contribution >= 4 is 85.4 Å². The van der Waals surface area contributed by atoms with Crippen LogP contribution in [0.1, 0.15) is 100 Å². The second-order valence-corrected chi connectivity index (χ2v) is 30.6. The number of nitrogens with one attached hydrogen (secondary N) is 10. The molecule has 0 radical (unpaired) electrons. The molecule has 0 spiro atoms. The summed E-state index contributed by atoms with van der Waals surface area (Å²) < 4.78 is 15.9. The van der Waals surface area contributed by atoms with Crippen molar-refractivity contribution in [3.8, 4) is 0 Å². The zero-order valence-corrected chi connectivity index (χ0v) is 55.8. The van der Waals surface area contributed by atoms with Gasteiger partial charge in [0.1, 0.15) is 60.5 Å². The topological polar surface area (TPSA) is 524 Å². The number of hydrogen-bond donors (Lipinski definition) is 17. The third-order valence-corrected chi connectivity index (χ3v) is 15.3. The van der Waals surface area contributed by atoms with Gasteiger partial charge in [-0.15, -0.1) is 0 Å². The van der Waals surface area contributed by atoms with Gasteiger partial charge in [-0.25, -0.2) is 14.4 Å². The number of benzene rings is 1. The Morgan fingerprint density at radius 1 is 0.620 bits per heavy atom. The second kappa shape index (κ2) is 39.9. The van der Waals surface area contributed by atoms with Crippen molar-refractivity contribution in [2.75, 3.05) is 32.8 Å². The van der Waals surface area contributed by atoms with Gasteiger partial charge >= 0.3 is 18.2 Å². The first-order chi connectivity index (χ1) is 42.7. The van der Waals surface area contributed by atoms with Gasteiger partial charge in [-0.05, 0) is 76.3 Å². The molecule has 0 aliphatic rings. The molecule has 34 heteroatoms. The number of primary amides is 1. The molecule has 20 N–H and O–H groups in total. The minimum Gasteiger partial charge on any atom is -0.464 e. The number of aliphatic hydroxyl groups is 4. The minimum atomic E-state index is -2.50. The van der Waals surface area contributed by atoms with E-state index in [1.807, 2.05) is 30.3 Å². The number of aliphatic imine (C=N–C) groups is 1. The molecule has 0 bridgehead atoms. The highest BCUT2D eigenvalue weighted by molar-refractivity contribution is 6.76. The molecule has 1 rings (SSSR count). The van der Waals surface area contributed by atoms with E-state index in [9.17, 15) is 78.0 Å². The fourth-order valence-corrected chi connectivity index (χ4v) is 8.85. The number of carbonyl (C=O) groups is 12. The molecule has 0 aliphatic heterocycles. The van der Waals surface area contributed by atoms with Crippen molar-refractivity contribution in [2.24, 2.45) is 39.9 Å². The smallest absolute Gasteiger partial charge is 0.408 e. The molecule has 0 heterocycles. The Bertz CT molecular complexity index is 2650. The third-order valence-electron chi connectivity index (χ3n) is 13.6. The maximum absolute atomic E-state index is 14.3. The molecule has 1 aromatic carbocycles. The van der Waals surface area contributed by atoms with Gasteiger partial charge < -0.3 is 105 Å². The molecular weight excluding hydrogens is 1220 g/mol. The lowest BCUT2D eigenvalue weighted by molar-refractivity contribution is -0.145. The number of nitrogens with zero attached hydrogens (tertiary/aromatic N) is 1. The first-order valence-corrected chi connectivity index (χ1v) is 33.9. The van der Waals surface area contributed by atoms with E-state index in [0.29, 0.717) is 11.6 Å². The summed E-state index contributed by atoms with van der Waals surface area (Å²) in [4.78, 5) is 165. The summed E-state index contributed by atoms with van der Waals surface area (Å²) >= 11 is 0. The molecule has 33 nitrogen and oxygen atoms in total. The highest BCUT2D eigenvalue weighted by Crippen LogP contribution is 2.16. The highest BCUT2D eigenvalue weighted by atomic mass is 28.3. The number of aliphatic hydroxyl groups excluding tert-OH is 4. The SMILES string of the molecule is CC[C@H](C)[C@H](NC(=O)[C@@H](CCCN=C(N)N)NC(=O)[C@H](CC(C)C)NC(=O)[C@@H](NC(=O)OC(C)(C)C)[C@H](O)C(C)C)C(=O)N[C@H](C(=O)NCC(=O)N[C@H](C(=O)N[C@@H](CO)C(=O)NC[C@H](NC(=O)OCc1ccccc1)C(=O)OCC[Si](C)(C)C)[C@H](O)C(N)=O)[C@H](C)O. The molecular formula is C58H100N14O19Si. The number of ether oxygens (including phenoxy) is 3. The molecule has 520 valence electrons. The lowest BCUT2D eigenvalue weighted by Crippen LogP contribution is -2.63. The van der Waals surface area contributed by atoms with Gasteiger partial charge in [0.05, 0.1) is 32.0 Å².